The Bertz CT molecular complexity index is 605. The summed E-state index contributed by atoms with van der Waals surface area (Å²) in [6.45, 7) is 1.16. The number of hydrogen-bond donors (Lipinski definition) is 1. The Kier molecular flexibility index (Phi) is 7.47. The monoisotopic (exact) mass is 391 g/mol. The number of likely N-dealkylation sites (N-methyl/N-ethyl adjacent to an activating group) is 1. The number of sulfonamides is 1. The second-order valence-electron chi connectivity index (χ2n) is 5.27. The highest BCUT2D eigenvalue weighted by Gasteiger charge is 2.17. The van der Waals surface area contributed by atoms with Crippen LogP contribution in [0.5, 0.6) is 0 Å². The van der Waals surface area contributed by atoms with Gasteiger partial charge >= 0.3 is 0 Å². The first-order chi connectivity index (χ1) is 10.2. The minimum Gasteiger partial charge on any atom is -0.326 e. The maximum Gasteiger partial charge on any atom is 0.225 e. The summed E-state index contributed by atoms with van der Waals surface area (Å²) in [6.07, 6.45) is 1.28. The van der Waals surface area contributed by atoms with Gasteiger partial charge in [0.25, 0.3) is 0 Å². The van der Waals surface area contributed by atoms with E-state index < -0.39 is 10.0 Å². The van der Waals surface area contributed by atoms with Crippen LogP contribution < -0.4 is 5.32 Å². The van der Waals surface area contributed by atoms with Crippen molar-refractivity contribution >= 4 is 37.5 Å². The summed E-state index contributed by atoms with van der Waals surface area (Å²) in [7, 11) is 0.434. The van der Waals surface area contributed by atoms with Crippen LogP contribution >= 0.6 is 15.9 Å². The fourth-order valence-electron chi connectivity index (χ4n) is 1.77. The smallest absolute Gasteiger partial charge is 0.225 e. The zero-order chi connectivity index (χ0) is 16.8. The zero-order valence-electron chi connectivity index (χ0n) is 13.0. The Morgan fingerprint density at radius 1 is 1.23 bits per heavy atom. The molecule has 0 unspecified atom stereocenters. The maximum absolute atomic E-state index is 11.9. The van der Waals surface area contributed by atoms with Crippen LogP contribution in [-0.4, -0.2) is 63.5 Å². The Morgan fingerprint density at radius 2 is 1.91 bits per heavy atom. The van der Waals surface area contributed by atoms with E-state index in [2.05, 4.69) is 21.2 Å². The number of rotatable bonds is 8. The number of anilines is 1. The van der Waals surface area contributed by atoms with Crippen LogP contribution in [0.2, 0.25) is 0 Å². The van der Waals surface area contributed by atoms with Gasteiger partial charge in [-0.1, -0.05) is 22.0 Å². The average Bonchev–Trinajstić information content (AvgIpc) is 2.36. The first-order valence-corrected chi connectivity index (χ1v) is 9.48. The number of carbonyl (C=O) groups excluding carboxylic acids is 1. The molecular formula is C14H22BrN3O3S. The topological polar surface area (TPSA) is 69.7 Å². The highest BCUT2D eigenvalue weighted by Crippen LogP contribution is 2.15. The fourth-order valence-corrected chi connectivity index (χ4v) is 3.01. The molecule has 0 saturated heterocycles. The van der Waals surface area contributed by atoms with Gasteiger partial charge in [0, 0.05) is 36.2 Å². The summed E-state index contributed by atoms with van der Waals surface area (Å²) >= 11 is 3.33. The van der Waals surface area contributed by atoms with Crippen LogP contribution in [0.1, 0.15) is 6.42 Å². The van der Waals surface area contributed by atoms with Crippen molar-refractivity contribution in [3.8, 4) is 0 Å². The van der Waals surface area contributed by atoms with Crippen LogP contribution in [0, 0.1) is 0 Å². The molecule has 0 aliphatic carbocycles. The fraction of sp³-hybridized carbons (Fsp3) is 0.500. The Balaban J connectivity index is 2.55. The molecule has 0 bridgehead atoms. The average molecular weight is 392 g/mol. The number of carbonyl (C=O) groups is 1. The van der Waals surface area contributed by atoms with Gasteiger partial charge in [0.05, 0.1) is 6.26 Å². The second-order valence-corrected chi connectivity index (χ2v) is 8.17. The number of halogens is 1. The van der Waals surface area contributed by atoms with E-state index in [1.807, 2.05) is 31.1 Å². The largest absolute Gasteiger partial charge is 0.326 e. The molecule has 1 aromatic carbocycles. The number of amides is 1. The van der Waals surface area contributed by atoms with Crippen molar-refractivity contribution in [2.75, 3.05) is 45.3 Å². The molecule has 0 radical (unpaired) electrons. The van der Waals surface area contributed by atoms with E-state index in [4.69, 9.17) is 0 Å². The summed E-state index contributed by atoms with van der Waals surface area (Å²) in [5.41, 5.74) is 0.679. The van der Waals surface area contributed by atoms with Gasteiger partial charge in [-0.05, 0) is 32.3 Å². The lowest BCUT2D eigenvalue weighted by molar-refractivity contribution is -0.116. The molecule has 0 fully saturated rings. The van der Waals surface area contributed by atoms with Gasteiger partial charge in [0.15, 0.2) is 0 Å². The van der Waals surface area contributed by atoms with Crippen molar-refractivity contribution in [1.29, 1.82) is 0 Å². The second kappa shape index (κ2) is 8.61. The maximum atomic E-state index is 11.9. The number of nitrogens with one attached hydrogen (secondary N) is 1. The molecule has 1 N–H and O–H groups in total. The molecule has 0 aliphatic rings. The van der Waals surface area contributed by atoms with Crippen molar-refractivity contribution in [2.45, 2.75) is 6.42 Å². The first-order valence-electron chi connectivity index (χ1n) is 6.84. The molecule has 1 rings (SSSR count). The van der Waals surface area contributed by atoms with Gasteiger partial charge in [0.1, 0.15) is 0 Å². The third-order valence-electron chi connectivity index (χ3n) is 2.96. The van der Waals surface area contributed by atoms with Crippen molar-refractivity contribution < 1.29 is 13.2 Å². The van der Waals surface area contributed by atoms with E-state index in [9.17, 15) is 13.2 Å². The summed E-state index contributed by atoms with van der Waals surface area (Å²) in [4.78, 5) is 13.8. The predicted molar refractivity (Wildman–Crippen MR) is 92.4 cm³/mol. The quantitative estimate of drug-likeness (QED) is 0.730. The molecule has 0 heterocycles. The third-order valence-corrected chi connectivity index (χ3v) is 4.76. The van der Waals surface area contributed by atoms with E-state index in [1.54, 1.807) is 12.1 Å². The summed E-state index contributed by atoms with van der Waals surface area (Å²) in [6, 6.07) is 7.25. The van der Waals surface area contributed by atoms with Crippen LogP contribution in [0.4, 0.5) is 5.69 Å². The van der Waals surface area contributed by atoms with Gasteiger partial charge in [-0.25, -0.2) is 12.7 Å². The summed E-state index contributed by atoms with van der Waals surface area (Å²) < 4.78 is 25.7. The molecule has 0 saturated carbocycles. The Hall–Kier alpha value is -0.960. The van der Waals surface area contributed by atoms with Gasteiger partial charge in [0.2, 0.25) is 15.9 Å². The Morgan fingerprint density at radius 3 is 2.45 bits per heavy atom. The van der Waals surface area contributed by atoms with E-state index >= 15 is 0 Å². The lowest BCUT2D eigenvalue weighted by Gasteiger charge is -2.21. The minimum absolute atomic E-state index is 0.118. The lowest BCUT2D eigenvalue weighted by Crippen LogP contribution is -2.37. The van der Waals surface area contributed by atoms with Crippen LogP contribution in [0.25, 0.3) is 0 Å². The van der Waals surface area contributed by atoms with Crippen molar-refractivity contribution in [3.05, 3.63) is 28.7 Å². The summed E-state index contributed by atoms with van der Waals surface area (Å²) in [5, 5.41) is 2.75. The van der Waals surface area contributed by atoms with E-state index in [0.29, 0.717) is 18.8 Å². The highest BCUT2D eigenvalue weighted by atomic mass is 79.9. The Labute approximate surface area is 140 Å². The van der Waals surface area contributed by atoms with Gasteiger partial charge in [-0.2, -0.15) is 0 Å². The first kappa shape index (κ1) is 19.1. The molecule has 0 spiro atoms. The van der Waals surface area contributed by atoms with Crippen molar-refractivity contribution in [2.24, 2.45) is 0 Å². The zero-order valence-corrected chi connectivity index (χ0v) is 15.4. The van der Waals surface area contributed by atoms with Crippen LogP contribution in [-0.2, 0) is 14.8 Å². The van der Waals surface area contributed by atoms with Crippen molar-refractivity contribution in [3.63, 3.8) is 0 Å². The van der Waals surface area contributed by atoms with E-state index in [1.165, 1.54) is 4.31 Å². The molecule has 0 aromatic heterocycles. The standard InChI is InChI=1S/C14H22BrN3O3S/c1-17(2)9-10-18(22(3,20)21)8-7-14(19)16-13-6-4-5-12(15)11-13/h4-6,11H,7-10H2,1-3H3,(H,16,19). The van der Waals surface area contributed by atoms with Gasteiger partial charge in [-0.3, -0.25) is 4.79 Å². The van der Waals surface area contributed by atoms with Gasteiger partial charge in [-0.15, -0.1) is 0 Å². The third kappa shape index (κ3) is 7.35. The number of benzene rings is 1. The lowest BCUT2D eigenvalue weighted by atomic mass is 10.3. The molecule has 8 heteroatoms. The van der Waals surface area contributed by atoms with E-state index in [0.717, 1.165) is 10.7 Å². The van der Waals surface area contributed by atoms with Gasteiger partial charge < -0.3 is 10.2 Å². The minimum atomic E-state index is -3.32. The number of nitrogens with zero attached hydrogens (tertiary/aromatic N) is 2. The molecule has 0 aliphatic heterocycles. The summed E-state index contributed by atoms with van der Waals surface area (Å²) in [5.74, 6) is -0.211. The molecular weight excluding hydrogens is 370 g/mol. The molecule has 6 nitrogen and oxygen atoms in total. The van der Waals surface area contributed by atoms with Crippen LogP contribution in [0.3, 0.4) is 0 Å². The molecule has 1 aromatic rings. The normalized spacial score (nSPS) is 11.9. The number of hydrogen-bond acceptors (Lipinski definition) is 4. The van der Waals surface area contributed by atoms with E-state index in [-0.39, 0.29) is 18.9 Å². The molecule has 124 valence electrons. The highest BCUT2D eigenvalue weighted by molar-refractivity contribution is 9.10. The SMILES string of the molecule is CN(C)CCN(CCC(=O)Nc1cccc(Br)c1)S(C)(=O)=O. The predicted octanol–water partition coefficient (Wildman–Crippen LogP) is 1.60. The molecule has 22 heavy (non-hydrogen) atoms. The molecule has 0 atom stereocenters. The molecule has 1 amide bonds. The van der Waals surface area contributed by atoms with Crippen LogP contribution in [0.15, 0.2) is 28.7 Å². The van der Waals surface area contributed by atoms with Crippen molar-refractivity contribution in [1.82, 2.24) is 9.21 Å².